The number of aromatic nitrogens is 4. The minimum absolute atomic E-state index is 0.0105. The summed E-state index contributed by atoms with van der Waals surface area (Å²) < 4.78 is 91.3. The molecule has 0 bridgehead atoms. The van der Waals surface area contributed by atoms with Crippen LogP contribution in [0.4, 0.5) is 13.2 Å². The second-order valence-electron chi connectivity index (χ2n) is 16.2. The summed E-state index contributed by atoms with van der Waals surface area (Å²) in [5.41, 5.74) is 0.824. The van der Waals surface area contributed by atoms with Crippen molar-refractivity contribution >= 4 is 21.6 Å². The Morgan fingerprint density at radius 3 is 2.47 bits per heavy atom. The monoisotopic (exact) mass is 814 g/mol. The summed E-state index contributed by atoms with van der Waals surface area (Å²) in [5, 5.41) is 21.1. The third-order valence-electron chi connectivity index (χ3n) is 11.9. The van der Waals surface area contributed by atoms with E-state index in [2.05, 4.69) is 20.5 Å². The van der Waals surface area contributed by atoms with Gasteiger partial charge in [-0.1, -0.05) is 18.2 Å². The van der Waals surface area contributed by atoms with Crippen LogP contribution in [0.5, 0.6) is 11.8 Å². The molecule has 3 aromatic heterocycles. The average molecular weight is 815 g/mol. The highest BCUT2D eigenvalue weighted by Gasteiger charge is 2.47. The molecule has 0 saturated carbocycles. The number of piperidine rings is 1. The normalized spacial score (nSPS) is 19.5. The van der Waals surface area contributed by atoms with Gasteiger partial charge in [0.2, 0.25) is 27.6 Å². The van der Waals surface area contributed by atoms with Gasteiger partial charge in [-0.05, 0) is 113 Å². The minimum Gasteiger partial charge on any atom is -0.481 e. The molecule has 1 aromatic carbocycles. The number of aryl methyl sites for hydroxylation is 3. The maximum atomic E-state index is 14.7. The molecular formula is C40H49F3N6O7S. The van der Waals surface area contributed by atoms with Gasteiger partial charge in [0.15, 0.2) is 5.65 Å². The van der Waals surface area contributed by atoms with Gasteiger partial charge in [0.05, 0.1) is 31.8 Å². The van der Waals surface area contributed by atoms with Crippen LogP contribution in [0.3, 0.4) is 0 Å². The van der Waals surface area contributed by atoms with Crippen LogP contribution in [-0.4, -0.2) is 88.4 Å². The molecule has 0 radical (unpaired) electrons. The van der Waals surface area contributed by atoms with Crippen molar-refractivity contribution < 1.29 is 45.7 Å². The lowest BCUT2D eigenvalue weighted by molar-refractivity contribution is -0.147. The van der Waals surface area contributed by atoms with E-state index in [-0.39, 0.29) is 29.5 Å². The van der Waals surface area contributed by atoms with Gasteiger partial charge in [0.25, 0.3) is 0 Å². The SMILES string of the molecule is Cc1ccc([C@H](c2ccn3c(C(F)(F)F)nnc3c2C)C(C)(C)C(=O)O)cc1CN1CC2(CCOCC2)Oc2nc(OCCC3CCNCC3)c(C)cc2S1(=O)=O. The predicted molar refractivity (Wildman–Crippen MR) is 203 cm³/mol. The smallest absolute Gasteiger partial charge is 0.452 e. The first-order valence-electron chi connectivity index (χ1n) is 19.3. The van der Waals surface area contributed by atoms with E-state index in [1.54, 1.807) is 52.0 Å². The molecule has 57 heavy (non-hydrogen) atoms. The molecule has 17 heteroatoms. The molecular weight excluding hydrogens is 766 g/mol. The van der Waals surface area contributed by atoms with Gasteiger partial charge in [-0.3, -0.25) is 9.20 Å². The summed E-state index contributed by atoms with van der Waals surface area (Å²) in [6, 6.07) is 8.41. The highest BCUT2D eigenvalue weighted by atomic mass is 32.2. The summed E-state index contributed by atoms with van der Waals surface area (Å²) in [4.78, 5) is 17.5. The fourth-order valence-corrected chi connectivity index (χ4v) is 9.95. The molecule has 4 aromatic rings. The summed E-state index contributed by atoms with van der Waals surface area (Å²) >= 11 is 0. The maximum Gasteiger partial charge on any atom is 0.452 e. The first-order valence-corrected chi connectivity index (χ1v) is 20.7. The Kier molecular flexibility index (Phi) is 11.1. The van der Waals surface area contributed by atoms with E-state index in [4.69, 9.17) is 14.2 Å². The number of nitrogens with one attached hydrogen (secondary N) is 1. The molecule has 308 valence electrons. The van der Waals surface area contributed by atoms with Crippen LogP contribution < -0.4 is 14.8 Å². The van der Waals surface area contributed by atoms with Crippen LogP contribution in [-0.2, 0) is 32.3 Å². The summed E-state index contributed by atoms with van der Waals surface area (Å²) in [5.74, 6) is -2.33. The maximum absolute atomic E-state index is 14.7. The third-order valence-corrected chi connectivity index (χ3v) is 13.7. The van der Waals surface area contributed by atoms with E-state index in [0.29, 0.717) is 72.3 Å². The molecule has 6 heterocycles. The van der Waals surface area contributed by atoms with E-state index in [0.717, 1.165) is 42.3 Å². The average Bonchev–Trinajstić information content (AvgIpc) is 3.59. The number of nitrogens with zero attached hydrogens (tertiary/aromatic N) is 5. The highest BCUT2D eigenvalue weighted by molar-refractivity contribution is 7.89. The molecule has 0 amide bonds. The molecule has 0 unspecified atom stereocenters. The Morgan fingerprint density at radius 1 is 1.07 bits per heavy atom. The second-order valence-corrected chi connectivity index (χ2v) is 18.1. The lowest BCUT2D eigenvalue weighted by Crippen LogP contribution is -2.50. The first kappa shape index (κ1) is 40.9. The predicted octanol–water partition coefficient (Wildman–Crippen LogP) is 6.21. The van der Waals surface area contributed by atoms with Crippen LogP contribution in [0, 0.1) is 32.1 Å². The Balaban J connectivity index is 1.26. The van der Waals surface area contributed by atoms with E-state index < -0.39 is 44.9 Å². The molecule has 13 nitrogen and oxygen atoms in total. The fourth-order valence-electron chi connectivity index (χ4n) is 8.32. The molecule has 2 N–H and O–H groups in total. The van der Waals surface area contributed by atoms with E-state index in [9.17, 15) is 31.5 Å². The molecule has 2 saturated heterocycles. The number of fused-ring (bicyclic) bond motifs is 2. The van der Waals surface area contributed by atoms with E-state index >= 15 is 0 Å². The van der Waals surface area contributed by atoms with Crippen molar-refractivity contribution in [2.75, 3.05) is 39.5 Å². The van der Waals surface area contributed by atoms with Gasteiger partial charge >= 0.3 is 12.1 Å². The number of pyridine rings is 2. The number of hydrogen-bond donors (Lipinski definition) is 2. The number of rotatable bonds is 10. The zero-order valence-electron chi connectivity index (χ0n) is 32.8. The summed E-state index contributed by atoms with van der Waals surface area (Å²) in [6.07, 6.45) is 0.321. The number of carboxylic acid groups (broad SMARTS) is 1. The molecule has 7 rings (SSSR count). The van der Waals surface area contributed by atoms with Crippen molar-refractivity contribution in [3.63, 3.8) is 0 Å². The Hall–Kier alpha value is -4.32. The highest BCUT2D eigenvalue weighted by Crippen LogP contribution is 2.45. The van der Waals surface area contributed by atoms with Gasteiger partial charge in [-0.2, -0.15) is 22.5 Å². The lowest BCUT2D eigenvalue weighted by Gasteiger charge is -2.38. The first-order chi connectivity index (χ1) is 26.9. The zero-order chi connectivity index (χ0) is 40.9. The van der Waals surface area contributed by atoms with Crippen molar-refractivity contribution in [1.29, 1.82) is 0 Å². The Morgan fingerprint density at radius 2 is 1.79 bits per heavy atom. The van der Waals surface area contributed by atoms with Gasteiger partial charge < -0.3 is 24.6 Å². The topological polar surface area (TPSA) is 157 Å². The third kappa shape index (κ3) is 7.95. The molecule has 3 aliphatic rings. The largest absolute Gasteiger partial charge is 0.481 e. The quantitative estimate of drug-likeness (QED) is 0.188. The number of ether oxygens (including phenoxy) is 3. The molecule has 1 atom stereocenters. The number of carboxylic acids is 1. The molecule has 1 spiro atoms. The number of benzene rings is 1. The number of carbonyl (C=O) groups is 1. The van der Waals surface area contributed by atoms with E-state index in [1.165, 1.54) is 16.6 Å². The van der Waals surface area contributed by atoms with Gasteiger partial charge in [0, 0.05) is 37.1 Å². The summed E-state index contributed by atoms with van der Waals surface area (Å²) in [7, 11) is -4.22. The van der Waals surface area contributed by atoms with Gasteiger partial charge in [-0.25, -0.2) is 8.42 Å². The van der Waals surface area contributed by atoms with Crippen LogP contribution >= 0.6 is 0 Å². The van der Waals surface area contributed by atoms with Crippen molar-refractivity contribution in [1.82, 2.24) is 29.2 Å². The minimum atomic E-state index is -4.75. The van der Waals surface area contributed by atoms with Crippen LogP contribution in [0.2, 0.25) is 0 Å². The zero-order valence-corrected chi connectivity index (χ0v) is 33.6. The lowest BCUT2D eigenvalue weighted by atomic mass is 9.70. The second kappa shape index (κ2) is 15.5. The number of halogens is 3. The molecule has 3 aliphatic heterocycles. The Labute approximate surface area is 330 Å². The standard InChI is InChI=1S/C40H49F3N6O7S/c1-24-6-7-28(32(38(4,5)37(50)51)30-10-16-49-33(26(30)3)46-47-36(49)40(41,42)43)21-29(24)22-48-23-39(12-18-54-19-13-39)56-35-31(57(48,52)53)20-25(2)34(45-35)55-17-11-27-8-14-44-15-9-27/h6-7,10,16,20-21,27,32,44H,8-9,11-15,17-19,22-23H2,1-5H3,(H,50,51)/t32-/m1/s1. The van der Waals surface area contributed by atoms with Crippen LogP contribution in [0.25, 0.3) is 5.65 Å². The number of alkyl halides is 3. The van der Waals surface area contributed by atoms with Gasteiger partial charge in [-0.15, -0.1) is 10.2 Å². The van der Waals surface area contributed by atoms with Crippen molar-refractivity contribution in [3.8, 4) is 11.8 Å². The molecule has 2 fully saturated rings. The van der Waals surface area contributed by atoms with Crippen LogP contribution in [0.15, 0.2) is 41.4 Å². The summed E-state index contributed by atoms with van der Waals surface area (Å²) in [6.45, 7) is 11.4. The van der Waals surface area contributed by atoms with Crippen molar-refractivity contribution in [3.05, 3.63) is 75.7 Å². The van der Waals surface area contributed by atoms with Gasteiger partial charge in [0.1, 0.15) is 10.5 Å². The number of sulfonamides is 1. The van der Waals surface area contributed by atoms with Crippen molar-refractivity contribution in [2.24, 2.45) is 11.3 Å². The number of hydrogen-bond acceptors (Lipinski definition) is 10. The van der Waals surface area contributed by atoms with Crippen molar-refractivity contribution in [2.45, 2.75) is 95.9 Å². The van der Waals surface area contributed by atoms with Crippen LogP contribution in [0.1, 0.15) is 91.1 Å². The fraction of sp³-hybridized carbons (Fsp3) is 0.550. The van der Waals surface area contributed by atoms with E-state index in [1.807, 2.05) is 6.92 Å². The molecule has 0 aliphatic carbocycles. The Bertz CT molecular complexity index is 2270. The number of aliphatic carboxylic acids is 1.